The molecule has 124 valence electrons. The molecule has 4 rings (SSSR count). The molecule has 3 heterocycles. The minimum absolute atomic E-state index is 0.201. The lowest BCUT2D eigenvalue weighted by Gasteiger charge is -2.21. The normalized spacial score (nSPS) is 18.1. The molecule has 0 N–H and O–H groups in total. The topological polar surface area (TPSA) is 51.4 Å². The highest BCUT2D eigenvalue weighted by Gasteiger charge is 2.30. The van der Waals surface area contributed by atoms with Gasteiger partial charge in [-0.05, 0) is 48.5 Å². The van der Waals surface area contributed by atoms with Crippen molar-refractivity contribution in [3.05, 3.63) is 52.5 Å². The average Bonchev–Trinajstić information content (AvgIpc) is 3.36. The Morgan fingerprint density at radius 2 is 2.12 bits per heavy atom. The van der Waals surface area contributed by atoms with E-state index < -0.39 is 0 Å². The summed E-state index contributed by atoms with van der Waals surface area (Å²) in [5.41, 5.74) is 2.26. The van der Waals surface area contributed by atoms with Crippen molar-refractivity contribution < 1.29 is 9.15 Å². The number of benzene rings is 1. The monoisotopic (exact) mass is 341 g/mol. The van der Waals surface area contributed by atoms with Gasteiger partial charge in [0, 0.05) is 17.5 Å². The lowest BCUT2D eigenvalue weighted by atomic mass is 10.1. The van der Waals surface area contributed by atoms with E-state index in [1.165, 1.54) is 5.56 Å². The van der Waals surface area contributed by atoms with Crippen LogP contribution in [0.2, 0.25) is 0 Å². The van der Waals surface area contributed by atoms with Crippen LogP contribution in [0.4, 0.5) is 0 Å². The van der Waals surface area contributed by atoms with Crippen molar-refractivity contribution in [3.8, 4) is 17.2 Å². The molecule has 24 heavy (non-hydrogen) atoms. The van der Waals surface area contributed by atoms with Crippen LogP contribution in [0.15, 0.2) is 45.5 Å². The van der Waals surface area contributed by atoms with E-state index in [4.69, 9.17) is 9.15 Å². The third kappa shape index (κ3) is 3.07. The summed E-state index contributed by atoms with van der Waals surface area (Å²) in [6.07, 6.45) is 2.21. The molecular weight excluding hydrogens is 322 g/mol. The van der Waals surface area contributed by atoms with E-state index >= 15 is 0 Å². The molecule has 0 bridgehead atoms. The molecule has 1 atom stereocenters. The minimum Gasteiger partial charge on any atom is -0.497 e. The molecule has 1 fully saturated rings. The van der Waals surface area contributed by atoms with Crippen molar-refractivity contribution in [2.24, 2.45) is 0 Å². The maximum Gasteiger partial charge on any atom is 0.248 e. The molecule has 5 nitrogen and oxygen atoms in total. The molecular formula is C18H19N3O2S. The van der Waals surface area contributed by atoms with Crippen LogP contribution < -0.4 is 4.74 Å². The van der Waals surface area contributed by atoms with Crippen LogP contribution in [0.25, 0.3) is 11.5 Å². The summed E-state index contributed by atoms with van der Waals surface area (Å²) in [6, 6.07) is 10.4. The van der Waals surface area contributed by atoms with E-state index in [2.05, 4.69) is 27.2 Å². The van der Waals surface area contributed by atoms with Gasteiger partial charge >= 0.3 is 0 Å². The zero-order valence-electron chi connectivity index (χ0n) is 13.5. The first kappa shape index (κ1) is 15.4. The van der Waals surface area contributed by atoms with Crippen LogP contribution in [0.3, 0.4) is 0 Å². The number of methoxy groups -OCH3 is 1. The van der Waals surface area contributed by atoms with E-state index in [-0.39, 0.29) is 6.04 Å². The highest BCUT2D eigenvalue weighted by atomic mass is 32.1. The average molecular weight is 341 g/mol. The van der Waals surface area contributed by atoms with Crippen LogP contribution in [-0.4, -0.2) is 28.8 Å². The number of aromatic nitrogens is 2. The summed E-state index contributed by atoms with van der Waals surface area (Å²) in [5, 5.41) is 12.6. The third-order valence-corrected chi connectivity index (χ3v) is 5.09. The van der Waals surface area contributed by atoms with Crippen LogP contribution in [0, 0.1) is 0 Å². The quantitative estimate of drug-likeness (QED) is 0.698. The number of hydrogen-bond acceptors (Lipinski definition) is 6. The highest BCUT2D eigenvalue weighted by molar-refractivity contribution is 7.08. The molecule has 3 aromatic rings. The Bertz CT molecular complexity index is 783. The van der Waals surface area contributed by atoms with Crippen LogP contribution in [-0.2, 0) is 6.54 Å². The number of likely N-dealkylation sites (tertiary alicyclic amines) is 1. The first-order valence-corrected chi connectivity index (χ1v) is 9.01. The Morgan fingerprint density at radius 3 is 2.88 bits per heavy atom. The van der Waals surface area contributed by atoms with Gasteiger partial charge in [0.15, 0.2) is 0 Å². The molecule has 0 unspecified atom stereocenters. The van der Waals surface area contributed by atoms with Gasteiger partial charge in [-0.15, -0.1) is 10.2 Å². The molecule has 0 radical (unpaired) electrons. The summed E-state index contributed by atoms with van der Waals surface area (Å²) >= 11 is 1.63. The van der Waals surface area contributed by atoms with Crippen molar-refractivity contribution in [3.63, 3.8) is 0 Å². The predicted octanol–water partition coefficient (Wildman–Crippen LogP) is 4.14. The lowest BCUT2D eigenvalue weighted by molar-refractivity contribution is 0.215. The number of nitrogens with zero attached hydrogens (tertiary/aromatic N) is 3. The van der Waals surface area contributed by atoms with Gasteiger partial charge in [-0.3, -0.25) is 4.90 Å². The standard InChI is InChI=1S/C18H19N3O2S/c1-22-15-6-4-13(5-7-15)11-21-9-2-3-16(21)18-20-19-17(23-18)14-8-10-24-12-14/h4-8,10,12,16H,2-3,9,11H2,1H3/t16-/m1/s1. The zero-order chi connectivity index (χ0) is 16.4. The van der Waals surface area contributed by atoms with E-state index in [1.807, 2.05) is 29.0 Å². The smallest absolute Gasteiger partial charge is 0.248 e. The van der Waals surface area contributed by atoms with E-state index in [0.29, 0.717) is 5.89 Å². The maximum absolute atomic E-state index is 5.94. The first-order chi connectivity index (χ1) is 11.8. The van der Waals surface area contributed by atoms with E-state index in [1.54, 1.807) is 18.4 Å². The fourth-order valence-corrected chi connectivity index (χ4v) is 3.76. The second-order valence-electron chi connectivity index (χ2n) is 5.93. The summed E-state index contributed by atoms with van der Waals surface area (Å²) in [7, 11) is 1.69. The van der Waals surface area contributed by atoms with Gasteiger partial charge in [-0.1, -0.05) is 12.1 Å². The van der Waals surface area contributed by atoms with Crippen molar-refractivity contribution in [1.82, 2.24) is 15.1 Å². The minimum atomic E-state index is 0.201. The van der Waals surface area contributed by atoms with Crippen molar-refractivity contribution >= 4 is 11.3 Å². The van der Waals surface area contributed by atoms with E-state index in [0.717, 1.165) is 43.1 Å². The van der Waals surface area contributed by atoms with Crippen molar-refractivity contribution in [1.29, 1.82) is 0 Å². The Balaban J connectivity index is 1.50. The van der Waals surface area contributed by atoms with Gasteiger partial charge in [0.05, 0.1) is 13.2 Å². The second kappa shape index (κ2) is 6.75. The molecule has 1 aromatic carbocycles. The second-order valence-corrected chi connectivity index (χ2v) is 6.71. The fourth-order valence-electron chi connectivity index (χ4n) is 3.13. The van der Waals surface area contributed by atoms with E-state index in [9.17, 15) is 0 Å². The van der Waals surface area contributed by atoms with Gasteiger partial charge in [0.25, 0.3) is 0 Å². The Hall–Kier alpha value is -2.18. The number of thiophene rings is 1. The highest BCUT2D eigenvalue weighted by Crippen LogP contribution is 2.34. The maximum atomic E-state index is 5.94. The molecule has 0 spiro atoms. The Kier molecular flexibility index (Phi) is 4.32. The van der Waals surface area contributed by atoms with Crippen LogP contribution >= 0.6 is 11.3 Å². The number of rotatable bonds is 5. The van der Waals surface area contributed by atoms with Crippen molar-refractivity contribution in [2.45, 2.75) is 25.4 Å². The first-order valence-electron chi connectivity index (χ1n) is 8.06. The molecule has 1 saturated heterocycles. The van der Waals surface area contributed by atoms with Gasteiger partial charge in [-0.25, -0.2) is 0 Å². The predicted molar refractivity (Wildman–Crippen MR) is 93.0 cm³/mol. The third-order valence-electron chi connectivity index (χ3n) is 4.40. The SMILES string of the molecule is COc1ccc(CN2CCC[C@@H]2c2nnc(-c3ccsc3)o2)cc1. The molecule has 1 aliphatic rings. The lowest BCUT2D eigenvalue weighted by Crippen LogP contribution is -2.23. The number of hydrogen-bond donors (Lipinski definition) is 0. The molecule has 0 saturated carbocycles. The Morgan fingerprint density at radius 1 is 1.25 bits per heavy atom. The van der Waals surface area contributed by atoms with Gasteiger partial charge in [-0.2, -0.15) is 11.3 Å². The summed E-state index contributed by atoms with van der Waals surface area (Å²) in [5.74, 6) is 2.22. The molecule has 0 amide bonds. The largest absolute Gasteiger partial charge is 0.497 e. The fraction of sp³-hybridized carbons (Fsp3) is 0.333. The van der Waals surface area contributed by atoms with Crippen LogP contribution in [0.5, 0.6) is 5.75 Å². The van der Waals surface area contributed by atoms with Gasteiger partial charge in [0.2, 0.25) is 11.8 Å². The molecule has 1 aliphatic heterocycles. The number of ether oxygens (including phenoxy) is 1. The molecule has 0 aliphatic carbocycles. The van der Waals surface area contributed by atoms with Gasteiger partial charge < -0.3 is 9.15 Å². The van der Waals surface area contributed by atoms with Crippen molar-refractivity contribution in [2.75, 3.05) is 13.7 Å². The molecule has 6 heteroatoms. The summed E-state index contributed by atoms with van der Waals surface area (Å²) < 4.78 is 11.2. The molecule has 2 aromatic heterocycles. The summed E-state index contributed by atoms with van der Waals surface area (Å²) in [6.45, 7) is 1.93. The van der Waals surface area contributed by atoms with Gasteiger partial charge in [0.1, 0.15) is 5.75 Å². The Labute approximate surface area is 144 Å². The zero-order valence-corrected chi connectivity index (χ0v) is 14.3. The summed E-state index contributed by atoms with van der Waals surface area (Å²) in [4.78, 5) is 2.41. The van der Waals surface area contributed by atoms with Crippen LogP contribution in [0.1, 0.15) is 30.3 Å².